The predicted molar refractivity (Wildman–Crippen MR) is 91.8 cm³/mol. The van der Waals surface area contributed by atoms with Crippen molar-refractivity contribution in [2.45, 2.75) is 13.0 Å². The van der Waals surface area contributed by atoms with E-state index in [2.05, 4.69) is 4.98 Å². The number of aromatic nitrogens is 2. The lowest BCUT2D eigenvalue weighted by atomic mass is 10.1. The van der Waals surface area contributed by atoms with Crippen LogP contribution in [-0.4, -0.2) is 26.9 Å². The predicted octanol–water partition coefficient (Wildman–Crippen LogP) is 2.95. The van der Waals surface area contributed by atoms with Gasteiger partial charge in [-0.05, 0) is 36.8 Å². The highest BCUT2D eigenvalue weighted by Crippen LogP contribution is 2.24. The summed E-state index contributed by atoms with van der Waals surface area (Å²) >= 11 is 17.0. The van der Waals surface area contributed by atoms with E-state index in [9.17, 15) is 9.59 Å². The van der Waals surface area contributed by atoms with Crippen molar-refractivity contribution in [3.8, 4) is 0 Å². The number of hydrogen-bond acceptors (Lipinski definition) is 3. The summed E-state index contributed by atoms with van der Waals surface area (Å²) in [6.07, 6.45) is 0.487. The molecule has 0 fully saturated rings. The Labute approximate surface area is 147 Å². The summed E-state index contributed by atoms with van der Waals surface area (Å²) in [6, 6.07) is 4.78. The van der Waals surface area contributed by atoms with Crippen LogP contribution >= 0.6 is 35.4 Å². The largest absolute Gasteiger partial charge is 0.334 e. The SMILES string of the molecule is Cn1c(=S)[nH]c2c(c1=O)CCN(C(=O)c1ccc(Cl)c(Cl)c1)C2. The molecule has 1 N–H and O–H groups in total. The van der Waals surface area contributed by atoms with Crippen molar-refractivity contribution in [2.75, 3.05) is 6.54 Å². The normalized spacial score (nSPS) is 13.8. The standard InChI is InChI=1S/C15H13Cl2N3O2S/c1-19-14(22)9-4-5-20(7-12(9)18-15(19)23)13(21)8-2-3-10(16)11(17)6-8/h2-3,6H,4-5,7H2,1H3,(H,18,23). The number of aromatic amines is 1. The van der Waals surface area contributed by atoms with Gasteiger partial charge in [-0.1, -0.05) is 23.2 Å². The number of rotatable bonds is 1. The maximum absolute atomic E-state index is 12.6. The zero-order chi connectivity index (χ0) is 16.7. The van der Waals surface area contributed by atoms with E-state index in [1.165, 1.54) is 4.57 Å². The maximum atomic E-state index is 12.6. The van der Waals surface area contributed by atoms with Gasteiger partial charge < -0.3 is 9.88 Å². The minimum Gasteiger partial charge on any atom is -0.334 e. The molecule has 1 amide bonds. The Morgan fingerprint density at radius 2 is 2.04 bits per heavy atom. The van der Waals surface area contributed by atoms with Crippen molar-refractivity contribution in [3.05, 3.63) is 60.2 Å². The summed E-state index contributed by atoms with van der Waals surface area (Å²) in [4.78, 5) is 29.5. The van der Waals surface area contributed by atoms with Gasteiger partial charge in [0, 0.05) is 30.4 Å². The Bertz CT molecular complexity index is 920. The van der Waals surface area contributed by atoms with Crippen LogP contribution < -0.4 is 5.56 Å². The minimum atomic E-state index is -0.158. The van der Waals surface area contributed by atoms with Gasteiger partial charge in [0.25, 0.3) is 11.5 Å². The molecule has 0 radical (unpaired) electrons. The van der Waals surface area contributed by atoms with Crippen LogP contribution in [0.2, 0.25) is 10.0 Å². The van der Waals surface area contributed by atoms with E-state index in [-0.39, 0.29) is 11.5 Å². The summed E-state index contributed by atoms with van der Waals surface area (Å²) in [5.74, 6) is -0.158. The summed E-state index contributed by atoms with van der Waals surface area (Å²) in [6.45, 7) is 0.778. The Morgan fingerprint density at radius 1 is 1.30 bits per heavy atom. The smallest absolute Gasteiger partial charge is 0.257 e. The van der Waals surface area contributed by atoms with Crippen LogP contribution in [0.4, 0.5) is 0 Å². The highest BCUT2D eigenvalue weighted by atomic mass is 35.5. The fraction of sp³-hybridized carbons (Fsp3) is 0.267. The Morgan fingerprint density at radius 3 is 2.74 bits per heavy atom. The van der Waals surface area contributed by atoms with Crippen LogP contribution in [0, 0.1) is 4.77 Å². The lowest BCUT2D eigenvalue weighted by Gasteiger charge is -2.28. The molecular formula is C15H13Cl2N3O2S. The number of carbonyl (C=O) groups is 1. The van der Waals surface area contributed by atoms with Gasteiger partial charge in [-0.25, -0.2) is 0 Å². The number of fused-ring (bicyclic) bond motifs is 1. The zero-order valence-electron chi connectivity index (χ0n) is 12.2. The number of H-pyrrole nitrogens is 1. The van der Waals surface area contributed by atoms with Crippen molar-refractivity contribution in [3.63, 3.8) is 0 Å². The second-order valence-corrected chi connectivity index (χ2v) is 6.56. The fourth-order valence-electron chi connectivity index (χ4n) is 2.61. The molecule has 120 valence electrons. The number of benzene rings is 1. The minimum absolute atomic E-state index is 0.106. The van der Waals surface area contributed by atoms with Crippen LogP contribution in [-0.2, 0) is 20.0 Å². The second kappa shape index (κ2) is 6.11. The van der Waals surface area contributed by atoms with Gasteiger partial charge >= 0.3 is 0 Å². The van der Waals surface area contributed by atoms with Crippen LogP contribution in [0.3, 0.4) is 0 Å². The van der Waals surface area contributed by atoms with Gasteiger partial charge in [0.1, 0.15) is 0 Å². The van der Waals surface area contributed by atoms with E-state index in [1.807, 2.05) is 0 Å². The quantitative estimate of drug-likeness (QED) is 0.786. The third-order valence-corrected chi connectivity index (χ3v) is 5.04. The average molecular weight is 370 g/mol. The lowest BCUT2D eigenvalue weighted by Crippen LogP contribution is -2.40. The Hall–Kier alpha value is -1.63. The molecule has 0 saturated carbocycles. The van der Waals surface area contributed by atoms with Crippen LogP contribution in [0.1, 0.15) is 21.6 Å². The van der Waals surface area contributed by atoms with E-state index in [0.29, 0.717) is 51.1 Å². The van der Waals surface area contributed by atoms with Gasteiger partial charge in [-0.15, -0.1) is 0 Å². The molecule has 23 heavy (non-hydrogen) atoms. The molecule has 2 aromatic rings. The third kappa shape index (κ3) is 2.94. The molecule has 0 atom stereocenters. The molecule has 3 rings (SSSR count). The first kappa shape index (κ1) is 16.2. The number of halogens is 2. The van der Waals surface area contributed by atoms with Crippen LogP contribution in [0.15, 0.2) is 23.0 Å². The van der Waals surface area contributed by atoms with Crippen molar-refractivity contribution in [1.29, 1.82) is 0 Å². The van der Waals surface area contributed by atoms with Gasteiger partial charge in [-0.2, -0.15) is 0 Å². The maximum Gasteiger partial charge on any atom is 0.257 e. The fourth-order valence-corrected chi connectivity index (χ4v) is 3.11. The van der Waals surface area contributed by atoms with Crippen molar-refractivity contribution >= 4 is 41.3 Å². The number of nitrogens with one attached hydrogen (secondary N) is 1. The van der Waals surface area contributed by atoms with E-state index in [0.717, 1.165) is 0 Å². The van der Waals surface area contributed by atoms with E-state index >= 15 is 0 Å². The molecular weight excluding hydrogens is 357 g/mol. The second-order valence-electron chi connectivity index (χ2n) is 5.36. The van der Waals surface area contributed by atoms with E-state index in [1.54, 1.807) is 30.1 Å². The number of hydrogen-bond donors (Lipinski definition) is 1. The number of nitrogens with zero attached hydrogens (tertiary/aromatic N) is 2. The molecule has 8 heteroatoms. The van der Waals surface area contributed by atoms with Crippen LogP contribution in [0.25, 0.3) is 0 Å². The molecule has 2 heterocycles. The van der Waals surface area contributed by atoms with Crippen molar-refractivity contribution in [1.82, 2.24) is 14.5 Å². The van der Waals surface area contributed by atoms with Gasteiger partial charge in [-0.3, -0.25) is 14.2 Å². The average Bonchev–Trinajstić information content (AvgIpc) is 2.54. The number of amides is 1. The Kier molecular flexibility index (Phi) is 4.31. The third-order valence-electron chi connectivity index (χ3n) is 3.92. The molecule has 0 unspecified atom stereocenters. The lowest BCUT2D eigenvalue weighted by molar-refractivity contribution is 0.0731. The first-order valence-corrected chi connectivity index (χ1v) is 8.10. The van der Waals surface area contributed by atoms with Crippen molar-refractivity contribution in [2.24, 2.45) is 7.05 Å². The molecule has 1 aliphatic rings. The van der Waals surface area contributed by atoms with Gasteiger partial charge in [0.05, 0.1) is 16.6 Å². The molecule has 0 bridgehead atoms. The first-order chi connectivity index (χ1) is 10.9. The monoisotopic (exact) mass is 369 g/mol. The molecule has 0 aliphatic carbocycles. The molecule has 5 nitrogen and oxygen atoms in total. The van der Waals surface area contributed by atoms with Gasteiger partial charge in [0.2, 0.25) is 0 Å². The molecule has 1 aromatic carbocycles. The molecule has 1 aliphatic heterocycles. The number of carbonyl (C=O) groups excluding carboxylic acids is 1. The highest BCUT2D eigenvalue weighted by molar-refractivity contribution is 7.71. The Balaban J connectivity index is 1.93. The van der Waals surface area contributed by atoms with Gasteiger partial charge in [0.15, 0.2) is 4.77 Å². The summed E-state index contributed by atoms with van der Waals surface area (Å²) in [7, 11) is 1.63. The first-order valence-electron chi connectivity index (χ1n) is 6.94. The molecule has 1 aromatic heterocycles. The summed E-state index contributed by atoms with van der Waals surface area (Å²) in [5.41, 5.74) is 1.73. The molecule has 0 saturated heterocycles. The topological polar surface area (TPSA) is 58.1 Å². The van der Waals surface area contributed by atoms with Crippen LogP contribution in [0.5, 0.6) is 0 Å². The molecule has 0 spiro atoms. The highest BCUT2D eigenvalue weighted by Gasteiger charge is 2.25. The van der Waals surface area contributed by atoms with E-state index in [4.69, 9.17) is 35.4 Å². The summed E-state index contributed by atoms with van der Waals surface area (Å²) in [5, 5.41) is 0.739. The van der Waals surface area contributed by atoms with Crippen molar-refractivity contribution < 1.29 is 4.79 Å². The zero-order valence-corrected chi connectivity index (χ0v) is 14.6. The van der Waals surface area contributed by atoms with E-state index < -0.39 is 0 Å². The summed E-state index contributed by atoms with van der Waals surface area (Å²) < 4.78 is 1.75.